The number of benzene rings is 2. The summed E-state index contributed by atoms with van der Waals surface area (Å²) in [6, 6.07) is 10.9. The molecule has 2 aromatic rings. The minimum atomic E-state index is -0.487. The fourth-order valence-corrected chi connectivity index (χ4v) is 3.63. The predicted molar refractivity (Wildman–Crippen MR) is 123 cm³/mol. The topological polar surface area (TPSA) is 83.5 Å². The summed E-state index contributed by atoms with van der Waals surface area (Å²) in [7, 11) is 4.62. The average Bonchev–Trinajstić information content (AvgIpc) is 3.27. The van der Waals surface area contributed by atoms with E-state index >= 15 is 0 Å². The normalized spacial score (nSPS) is 15.1. The average molecular weight is 457 g/mol. The Kier molecular flexibility index (Phi) is 7.87. The summed E-state index contributed by atoms with van der Waals surface area (Å²) >= 11 is 0. The van der Waals surface area contributed by atoms with Gasteiger partial charge in [-0.05, 0) is 30.2 Å². The lowest BCUT2D eigenvalue weighted by atomic mass is 9.97. The molecule has 8 nitrogen and oxygen atoms in total. The summed E-state index contributed by atoms with van der Waals surface area (Å²) in [5, 5.41) is 8.55. The van der Waals surface area contributed by atoms with Gasteiger partial charge in [0.15, 0.2) is 11.5 Å². The first kappa shape index (κ1) is 24.0. The zero-order valence-electron chi connectivity index (χ0n) is 19.3. The van der Waals surface area contributed by atoms with Crippen LogP contribution in [0.15, 0.2) is 47.6 Å². The van der Waals surface area contributed by atoms with Crippen molar-refractivity contribution in [3.05, 3.63) is 59.4 Å². The van der Waals surface area contributed by atoms with E-state index in [0.717, 1.165) is 12.0 Å². The van der Waals surface area contributed by atoms with Gasteiger partial charge >= 0.3 is 6.03 Å². The highest BCUT2D eigenvalue weighted by atomic mass is 19.1. The highest BCUT2D eigenvalue weighted by Gasteiger charge is 2.35. The zero-order chi connectivity index (χ0) is 24.0. The molecule has 33 heavy (non-hydrogen) atoms. The molecule has 0 saturated heterocycles. The van der Waals surface area contributed by atoms with Gasteiger partial charge in [-0.25, -0.2) is 14.2 Å². The number of ether oxygens (including phenoxy) is 2. The number of carbonyl (C=O) groups excluding carboxylic acids is 2. The van der Waals surface area contributed by atoms with Crippen molar-refractivity contribution in [1.82, 2.24) is 15.2 Å². The van der Waals surface area contributed by atoms with Crippen molar-refractivity contribution in [3.63, 3.8) is 0 Å². The van der Waals surface area contributed by atoms with Gasteiger partial charge in [0.05, 0.1) is 26.0 Å². The minimum absolute atomic E-state index is 0.173. The Balaban J connectivity index is 1.92. The third-order valence-corrected chi connectivity index (χ3v) is 5.39. The van der Waals surface area contributed by atoms with E-state index in [9.17, 15) is 14.0 Å². The van der Waals surface area contributed by atoms with E-state index in [1.807, 2.05) is 13.0 Å². The van der Waals surface area contributed by atoms with Gasteiger partial charge in [0, 0.05) is 25.6 Å². The van der Waals surface area contributed by atoms with Crippen LogP contribution in [0.5, 0.6) is 11.5 Å². The molecule has 0 aromatic heterocycles. The predicted octanol–water partition coefficient (Wildman–Crippen LogP) is 3.57. The first-order chi connectivity index (χ1) is 15.9. The first-order valence-electron chi connectivity index (χ1n) is 10.7. The Morgan fingerprint density at radius 3 is 2.58 bits per heavy atom. The summed E-state index contributed by atoms with van der Waals surface area (Å²) in [6.45, 7) is 2.29. The van der Waals surface area contributed by atoms with Crippen molar-refractivity contribution in [2.75, 3.05) is 34.4 Å². The molecule has 1 N–H and O–H groups in total. The quantitative estimate of drug-likeness (QED) is 0.658. The molecule has 0 bridgehead atoms. The van der Waals surface area contributed by atoms with Crippen LogP contribution in [0, 0.1) is 5.82 Å². The van der Waals surface area contributed by atoms with Crippen LogP contribution in [0.4, 0.5) is 9.18 Å². The van der Waals surface area contributed by atoms with E-state index in [2.05, 4.69) is 10.4 Å². The van der Waals surface area contributed by atoms with Crippen molar-refractivity contribution in [2.45, 2.75) is 25.8 Å². The monoisotopic (exact) mass is 456 g/mol. The summed E-state index contributed by atoms with van der Waals surface area (Å²) in [5.74, 6) is 0.278. The van der Waals surface area contributed by atoms with Crippen LogP contribution >= 0.6 is 0 Å². The lowest BCUT2D eigenvalue weighted by molar-refractivity contribution is -0.133. The second-order valence-electron chi connectivity index (χ2n) is 7.69. The number of likely N-dealkylation sites (N-methyl/N-ethyl adjacent to an activating group) is 1. The van der Waals surface area contributed by atoms with Crippen molar-refractivity contribution >= 4 is 17.6 Å². The molecule has 1 heterocycles. The van der Waals surface area contributed by atoms with Gasteiger partial charge in [-0.15, -0.1) is 0 Å². The van der Waals surface area contributed by atoms with Crippen LogP contribution in [0.25, 0.3) is 0 Å². The summed E-state index contributed by atoms with van der Waals surface area (Å²) in [4.78, 5) is 26.7. The molecule has 0 radical (unpaired) electrons. The largest absolute Gasteiger partial charge is 0.493 e. The van der Waals surface area contributed by atoms with Gasteiger partial charge in [0.1, 0.15) is 12.4 Å². The molecule has 176 valence electrons. The standard InChI is InChI=1S/C24H29FN4O4/c1-5-12-26-24(31)28(2)15-23(30)29-20(16-10-11-21(32-3)22(13-16)33-4)14-19(27-29)17-8-6-7-9-18(17)25/h6-11,13,20H,5,12,14-15H2,1-4H3,(H,26,31)/t20-/m0/s1. The SMILES string of the molecule is CCCNC(=O)N(C)CC(=O)N1N=C(c2ccccc2F)C[C@H]1c1ccc(OC)c(OC)c1. The van der Waals surface area contributed by atoms with Gasteiger partial charge < -0.3 is 19.7 Å². The summed E-state index contributed by atoms with van der Waals surface area (Å²) in [6.07, 6.45) is 1.10. The molecule has 0 aliphatic carbocycles. The van der Waals surface area contributed by atoms with Gasteiger partial charge in [-0.2, -0.15) is 5.10 Å². The van der Waals surface area contributed by atoms with Crippen LogP contribution < -0.4 is 14.8 Å². The van der Waals surface area contributed by atoms with E-state index < -0.39 is 11.9 Å². The first-order valence-corrected chi connectivity index (χ1v) is 10.7. The number of urea groups is 1. The molecular formula is C24H29FN4O4. The number of rotatable bonds is 8. The number of nitrogens with one attached hydrogen (secondary N) is 1. The lowest BCUT2D eigenvalue weighted by Gasteiger charge is -2.25. The smallest absolute Gasteiger partial charge is 0.317 e. The Labute approximate surface area is 193 Å². The van der Waals surface area contributed by atoms with E-state index in [1.165, 1.54) is 23.1 Å². The van der Waals surface area contributed by atoms with Crippen LogP contribution in [0.2, 0.25) is 0 Å². The Morgan fingerprint density at radius 2 is 1.91 bits per heavy atom. The van der Waals surface area contributed by atoms with Crippen LogP contribution in [-0.2, 0) is 4.79 Å². The molecule has 0 spiro atoms. The third-order valence-electron chi connectivity index (χ3n) is 5.39. The molecule has 3 amide bonds. The zero-order valence-corrected chi connectivity index (χ0v) is 19.3. The maximum Gasteiger partial charge on any atom is 0.317 e. The van der Waals surface area contributed by atoms with Gasteiger partial charge in [0.25, 0.3) is 5.91 Å². The molecule has 2 aromatic carbocycles. The molecule has 1 aliphatic heterocycles. The van der Waals surface area contributed by atoms with Gasteiger partial charge in [0.2, 0.25) is 0 Å². The van der Waals surface area contributed by atoms with Crippen LogP contribution in [0.3, 0.4) is 0 Å². The molecule has 3 rings (SSSR count). The van der Waals surface area contributed by atoms with E-state index in [1.54, 1.807) is 44.5 Å². The van der Waals surface area contributed by atoms with Crippen molar-refractivity contribution < 1.29 is 23.5 Å². The second-order valence-corrected chi connectivity index (χ2v) is 7.69. The molecular weight excluding hydrogens is 427 g/mol. The molecule has 1 aliphatic rings. The van der Waals surface area contributed by atoms with Crippen molar-refractivity contribution in [2.24, 2.45) is 5.10 Å². The van der Waals surface area contributed by atoms with Gasteiger partial charge in [-0.3, -0.25) is 4.79 Å². The van der Waals surface area contributed by atoms with E-state index in [-0.39, 0.29) is 18.5 Å². The Morgan fingerprint density at radius 1 is 1.18 bits per heavy atom. The molecule has 9 heteroatoms. The maximum atomic E-state index is 14.5. The fourth-order valence-electron chi connectivity index (χ4n) is 3.63. The van der Waals surface area contributed by atoms with Crippen molar-refractivity contribution in [1.29, 1.82) is 0 Å². The van der Waals surface area contributed by atoms with Gasteiger partial charge in [-0.1, -0.05) is 31.2 Å². The van der Waals surface area contributed by atoms with Crippen LogP contribution in [0.1, 0.15) is 36.9 Å². The summed E-state index contributed by atoms with van der Waals surface area (Å²) < 4.78 is 25.2. The molecule has 0 saturated carbocycles. The number of hydrazone groups is 1. The minimum Gasteiger partial charge on any atom is -0.493 e. The Bertz CT molecular complexity index is 1040. The van der Waals surface area contributed by atoms with Crippen molar-refractivity contribution in [3.8, 4) is 11.5 Å². The number of nitrogens with zero attached hydrogens (tertiary/aromatic N) is 3. The number of methoxy groups -OCH3 is 2. The van der Waals surface area contributed by atoms with Crippen LogP contribution in [-0.4, -0.2) is 61.9 Å². The molecule has 0 unspecified atom stereocenters. The summed E-state index contributed by atoms with van der Waals surface area (Å²) in [5.41, 5.74) is 1.56. The number of halogens is 1. The second kappa shape index (κ2) is 10.8. The molecule has 1 atom stereocenters. The maximum absolute atomic E-state index is 14.5. The number of hydrogen-bond donors (Lipinski definition) is 1. The third kappa shape index (κ3) is 5.42. The highest BCUT2D eigenvalue weighted by Crippen LogP contribution is 2.37. The number of hydrogen-bond acceptors (Lipinski definition) is 5. The van der Waals surface area contributed by atoms with E-state index in [0.29, 0.717) is 35.7 Å². The molecule has 0 fully saturated rings. The highest BCUT2D eigenvalue weighted by molar-refractivity contribution is 6.03. The lowest BCUT2D eigenvalue weighted by Crippen LogP contribution is -2.43. The fraction of sp³-hybridized carbons (Fsp3) is 0.375. The number of amides is 3. The van der Waals surface area contributed by atoms with E-state index in [4.69, 9.17) is 9.47 Å². The Hall–Kier alpha value is -3.62. The number of carbonyl (C=O) groups is 2.